The third-order valence-electron chi connectivity index (χ3n) is 6.33. The number of benzene rings is 1. The number of carbonyl (C=O) groups excluding carboxylic acids is 1. The Labute approximate surface area is 177 Å². The molecular weight excluding hydrogens is 382 g/mol. The standard InChI is InChI=1S/C22H31N5OS/c1-5-17-14(2)12-16-8-6-9-18(16)21(17)23-22(28)25-29-20-13-19(26(4)24-20)15(3)27-10-7-11-27/h12-13,15H,5-11H2,1-4H3,(H2,23,25,28). The lowest BCUT2D eigenvalue weighted by Gasteiger charge is -2.36. The van der Waals surface area contributed by atoms with Gasteiger partial charge in [-0.15, -0.1) is 0 Å². The fourth-order valence-electron chi connectivity index (χ4n) is 4.59. The maximum atomic E-state index is 12.7. The molecule has 2 heterocycles. The molecule has 4 rings (SSSR count). The van der Waals surface area contributed by atoms with Crippen molar-refractivity contribution in [1.82, 2.24) is 19.4 Å². The third kappa shape index (κ3) is 4.03. The monoisotopic (exact) mass is 413 g/mol. The molecule has 2 amide bonds. The summed E-state index contributed by atoms with van der Waals surface area (Å²) in [6.45, 7) is 8.81. The molecule has 2 N–H and O–H groups in total. The Hall–Kier alpha value is -1.99. The summed E-state index contributed by atoms with van der Waals surface area (Å²) < 4.78 is 4.85. The highest BCUT2D eigenvalue weighted by Crippen LogP contribution is 2.35. The van der Waals surface area contributed by atoms with Gasteiger partial charge in [-0.1, -0.05) is 13.0 Å². The molecule has 29 heavy (non-hydrogen) atoms. The second-order valence-electron chi connectivity index (χ2n) is 8.15. The largest absolute Gasteiger partial charge is 0.329 e. The summed E-state index contributed by atoms with van der Waals surface area (Å²) >= 11 is 1.28. The Balaban J connectivity index is 1.43. The van der Waals surface area contributed by atoms with E-state index < -0.39 is 0 Å². The molecule has 156 valence electrons. The zero-order valence-electron chi connectivity index (χ0n) is 17.8. The van der Waals surface area contributed by atoms with E-state index in [1.165, 1.54) is 52.7 Å². The number of nitrogens with one attached hydrogen (secondary N) is 2. The van der Waals surface area contributed by atoms with Gasteiger partial charge in [0, 0.05) is 43.8 Å². The predicted octanol–water partition coefficient (Wildman–Crippen LogP) is 4.38. The first-order valence-corrected chi connectivity index (χ1v) is 11.5. The molecule has 1 aromatic heterocycles. The van der Waals surface area contributed by atoms with Crippen molar-refractivity contribution in [1.29, 1.82) is 0 Å². The van der Waals surface area contributed by atoms with E-state index in [0.717, 1.165) is 43.1 Å². The van der Waals surface area contributed by atoms with E-state index in [1.807, 2.05) is 11.7 Å². The van der Waals surface area contributed by atoms with Crippen molar-refractivity contribution >= 4 is 23.7 Å². The maximum Gasteiger partial charge on any atom is 0.329 e. The molecule has 1 aromatic carbocycles. The Morgan fingerprint density at radius 3 is 2.76 bits per heavy atom. The molecule has 1 aliphatic heterocycles. The molecule has 1 unspecified atom stereocenters. The summed E-state index contributed by atoms with van der Waals surface area (Å²) in [4.78, 5) is 15.1. The Bertz CT molecular complexity index is 915. The van der Waals surface area contributed by atoms with Crippen LogP contribution in [0.25, 0.3) is 0 Å². The highest BCUT2D eigenvalue weighted by atomic mass is 32.2. The van der Waals surface area contributed by atoms with E-state index in [2.05, 4.69) is 52.9 Å². The summed E-state index contributed by atoms with van der Waals surface area (Å²) in [5.74, 6) is 0. The van der Waals surface area contributed by atoms with E-state index in [-0.39, 0.29) is 6.03 Å². The minimum absolute atomic E-state index is 0.188. The van der Waals surface area contributed by atoms with Crippen LogP contribution in [0.3, 0.4) is 0 Å². The number of nitrogens with zero attached hydrogens (tertiary/aromatic N) is 3. The Morgan fingerprint density at radius 1 is 1.28 bits per heavy atom. The lowest BCUT2D eigenvalue weighted by molar-refractivity contribution is 0.123. The number of aromatic nitrogens is 2. The van der Waals surface area contributed by atoms with Crippen LogP contribution in [0, 0.1) is 6.92 Å². The number of aryl methyl sites for hydroxylation is 3. The number of carbonyl (C=O) groups is 1. The number of likely N-dealkylation sites (tertiary alicyclic amines) is 1. The first-order valence-electron chi connectivity index (χ1n) is 10.6. The Morgan fingerprint density at radius 2 is 2.07 bits per heavy atom. The highest BCUT2D eigenvalue weighted by Gasteiger charge is 2.25. The van der Waals surface area contributed by atoms with E-state index >= 15 is 0 Å². The van der Waals surface area contributed by atoms with Crippen LogP contribution >= 0.6 is 11.9 Å². The molecule has 7 heteroatoms. The number of fused-ring (bicyclic) bond motifs is 1. The predicted molar refractivity (Wildman–Crippen MR) is 118 cm³/mol. The van der Waals surface area contributed by atoms with E-state index in [4.69, 9.17) is 0 Å². The number of hydrogen-bond acceptors (Lipinski definition) is 4. The van der Waals surface area contributed by atoms with Crippen molar-refractivity contribution in [3.05, 3.63) is 40.1 Å². The summed E-state index contributed by atoms with van der Waals surface area (Å²) in [6, 6.07) is 4.54. The van der Waals surface area contributed by atoms with Gasteiger partial charge in [-0.25, -0.2) is 4.79 Å². The molecule has 6 nitrogen and oxygen atoms in total. The van der Waals surface area contributed by atoms with Gasteiger partial charge >= 0.3 is 6.03 Å². The lowest BCUT2D eigenvalue weighted by Crippen LogP contribution is -2.39. The summed E-state index contributed by atoms with van der Waals surface area (Å²) in [5.41, 5.74) is 7.42. The molecule has 1 atom stereocenters. The van der Waals surface area contributed by atoms with Crippen LogP contribution in [0.5, 0.6) is 0 Å². The van der Waals surface area contributed by atoms with Crippen LogP contribution in [0.2, 0.25) is 0 Å². The maximum absolute atomic E-state index is 12.7. The van der Waals surface area contributed by atoms with Crippen molar-refractivity contribution < 1.29 is 4.79 Å². The van der Waals surface area contributed by atoms with Gasteiger partial charge in [0.25, 0.3) is 0 Å². The van der Waals surface area contributed by atoms with Crippen molar-refractivity contribution in [2.24, 2.45) is 7.05 Å². The van der Waals surface area contributed by atoms with Gasteiger partial charge in [0.2, 0.25) is 0 Å². The molecule has 0 bridgehead atoms. The third-order valence-corrected chi connectivity index (χ3v) is 7.03. The number of amides is 2. The van der Waals surface area contributed by atoms with Gasteiger partial charge < -0.3 is 5.32 Å². The molecule has 1 saturated heterocycles. The fraction of sp³-hybridized carbons (Fsp3) is 0.545. The zero-order valence-corrected chi connectivity index (χ0v) is 18.7. The van der Waals surface area contributed by atoms with Crippen LogP contribution in [0.1, 0.15) is 60.7 Å². The van der Waals surface area contributed by atoms with Gasteiger partial charge in [0.1, 0.15) is 5.03 Å². The molecule has 0 spiro atoms. The SMILES string of the molecule is CCc1c(C)cc2c(c1NC(=O)NSc1cc(C(C)N3CCC3)n(C)n1)CCC2. The zero-order chi connectivity index (χ0) is 20.5. The molecular formula is C22H31N5OS. The molecule has 0 saturated carbocycles. The number of anilines is 1. The van der Waals surface area contributed by atoms with E-state index in [0.29, 0.717) is 6.04 Å². The summed E-state index contributed by atoms with van der Waals surface area (Å²) in [7, 11) is 1.97. The van der Waals surface area contributed by atoms with Crippen LogP contribution in [0.15, 0.2) is 17.2 Å². The van der Waals surface area contributed by atoms with Gasteiger partial charge in [-0.3, -0.25) is 14.3 Å². The van der Waals surface area contributed by atoms with E-state index in [1.54, 1.807) is 0 Å². The van der Waals surface area contributed by atoms with E-state index in [9.17, 15) is 4.79 Å². The van der Waals surface area contributed by atoms with Gasteiger partial charge in [-0.05, 0) is 74.3 Å². The minimum atomic E-state index is -0.188. The van der Waals surface area contributed by atoms with Gasteiger partial charge in [-0.2, -0.15) is 5.10 Å². The van der Waals surface area contributed by atoms with Crippen molar-refractivity contribution in [2.75, 3.05) is 18.4 Å². The normalized spacial score (nSPS) is 17.0. The second-order valence-corrected chi connectivity index (χ2v) is 8.97. The van der Waals surface area contributed by atoms with Crippen molar-refractivity contribution in [2.45, 2.75) is 63.9 Å². The molecule has 0 radical (unpaired) electrons. The number of rotatable bonds is 6. The fourth-order valence-corrected chi connectivity index (χ4v) is 5.19. The van der Waals surface area contributed by atoms with Crippen molar-refractivity contribution in [3.63, 3.8) is 0 Å². The molecule has 2 aromatic rings. The van der Waals surface area contributed by atoms with Crippen LogP contribution < -0.4 is 10.0 Å². The average Bonchev–Trinajstić information content (AvgIpc) is 3.24. The summed E-state index contributed by atoms with van der Waals surface area (Å²) in [5, 5.41) is 8.52. The highest BCUT2D eigenvalue weighted by molar-refractivity contribution is 7.97. The first-order chi connectivity index (χ1) is 14.0. The van der Waals surface area contributed by atoms with Gasteiger partial charge in [0.15, 0.2) is 0 Å². The number of hydrogen-bond donors (Lipinski definition) is 2. The topological polar surface area (TPSA) is 62.2 Å². The van der Waals surface area contributed by atoms with Crippen LogP contribution in [0.4, 0.5) is 10.5 Å². The lowest BCUT2D eigenvalue weighted by atomic mass is 9.96. The Kier molecular flexibility index (Phi) is 5.88. The molecule has 1 fully saturated rings. The summed E-state index contributed by atoms with van der Waals surface area (Å²) in [6.07, 6.45) is 5.51. The second kappa shape index (κ2) is 8.40. The first kappa shape index (κ1) is 20.3. The van der Waals surface area contributed by atoms with Gasteiger partial charge in [0.05, 0.1) is 5.69 Å². The van der Waals surface area contributed by atoms with Crippen LogP contribution in [-0.4, -0.2) is 33.8 Å². The average molecular weight is 414 g/mol. The smallest absolute Gasteiger partial charge is 0.307 e. The minimum Gasteiger partial charge on any atom is -0.307 e. The van der Waals surface area contributed by atoms with Crippen molar-refractivity contribution in [3.8, 4) is 0 Å². The molecule has 2 aliphatic rings. The number of urea groups is 1. The molecule has 1 aliphatic carbocycles. The quantitative estimate of drug-likeness (QED) is 0.690. The van der Waals surface area contributed by atoms with Crippen LogP contribution in [-0.2, 0) is 26.3 Å².